The SMILES string of the molecule is CCN1CCC(CC2CNC(COC)C2)C1. The molecule has 2 rings (SSSR count). The van der Waals surface area contributed by atoms with Crippen LogP contribution in [0.4, 0.5) is 0 Å². The van der Waals surface area contributed by atoms with Gasteiger partial charge >= 0.3 is 0 Å². The Bertz CT molecular complexity index is 210. The van der Waals surface area contributed by atoms with Crippen LogP contribution >= 0.6 is 0 Å². The number of nitrogens with one attached hydrogen (secondary N) is 1. The number of ether oxygens (including phenoxy) is 1. The van der Waals surface area contributed by atoms with Gasteiger partial charge in [-0.15, -0.1) is 0 Å². The van der Waals surface area contributed by atoms with Crippen LogP contribution in [0.15, 0.2) is 0 Å². The van der Waals surface area contributed by atoms with Gasteiger partial charge in [0.25, 0.3) is 0 Å². The fourth-order valence-electron chi connectivity index (χ4n) is 3.27. The van der Waals surface area contributed by atoms with Crippen molar-refractivity contribution < 1.29 is 4.74 Å². The van der Waals surface area contributed by atoms with E-state index in [0.29, 0.717) is 6.04 Å². The van der Waals surface area contributed by atoms with Crippen LogP contribution in [-0.4, -0.2) is 50.8 Å². The molecule has 16 heavy (non-hydrogen) atoms. The first kappa shape index (κ1) is 12.3. The average Bonchev–Trinajstić information content (AvgIpc) is 2.89. The minimum absolute atomic E-state index is 0.610. The van der Waals surface area contributed by atoms with Crippen molar-refractivity contribution in [3.05, 3.63) is 0 Å². The highest BCUT2D eigenvalue weighted by Gasteiger charge is 2.29. The molecule has 0 bridgehead atoms. The maximum atomic E-state index is 5.21. The highest BCUT2D eigenvalue weighted by atomic mass is 16.5. The molecule has 0 aliphatic carbocycles. The van der Waals surface area contributed by atoms with E-state index in [1.165, 1.54) is 45.4 Å². The van der Waals surface area contributed by atoms with Gasteiger partial charge in [0.15, 0.2) is 0 Å². The first-order chi connectivity index (χ1) is 7.81. The van der Waals surface area contributed by atoms with Crippen LogP contribution in [0.3, 0.4) is 0 Å². The largest absolute Gasteiger partial charge is 0.383 e. The number of nitrogens with zero attached hydrogens (tertiary/aromatic N) is 1. The summed E-state index contributed by atoms with van der Waals surface area (Å²) in [4.78, 5) is 2.58. The van der Waals surface area contributed by atoms with Crippen molar-refractivity contribution in [3.8, 4) is 0 Å². The first-order valence-electron chi connectivity index (χ1n) is 6.76. The Morgan fingerprint density at radius 3 is 2.94 bits per heavy atom. The molecule has 3 heteroatoms. The standard InChI is InChI=1S/C13H26N2O/c1-3-15-5-4-11(9-15)6-12-7-13(10-16-2)14-8-12/h11-14H,3-10H2,1-2H3. The van der Waals surface area contributed by atoms with E-state index in [1.807, 2.05) is 0 Å². The molecule has 0 spiro atoms. The summed E-state index contributed by atoms with van der Waals surface area (Å²) in [5, 5.41) is 3.57. The van der Waals surface area contributed by atoms with Gasteiger partial charge in [-0.2, -0.15) is 0 Å². The third kappa shape index (κ3) is 3.19. The van der Waals surface area contributed by atoms with E-state index in [1.54, 1.807) is 7.11 Å². The van der Waals surface area contributed by atoms with Crippen LogP contribution in [0.1, 0.15) is 26.2 Å². The maximum absolute atomic E-state index is 5.21. The molecule has 0 aromatic carbocycles. The Labute approximate surface area is 99.5 Å². The van der Waals surface area contributed by atoms with Gasteiger partial charge in [-0.25, -0.2) is 0 Å². The molecular formula is C13H26N2O. The van der Waals surface area contributed by atoms with Gasteiger partial charge in [0.2, 0.25) is 0 Å². The minimum atomic E-state index is 0.610. The molecule has 2 fully saturated rings. The van der Waals surface area contributed by atoms with Gasteiger partial charge in [0.05, 0.1) is 6.61 Å². The molecule has 3 nitrogen and oxygen atoms in total. The van der Waals surface area contributed by atoms with Crippen molar-refractivity contribution in [2.75, 3.05) is 39.9 Å². The van der Waals surface area contributed by atoms with E-state index < -0.39 is 0 Å². The predicted molar refractivity (Wildman–Crippen MR) is 66.6 cm³/mol. The zero-order valence-corrected chi connectivity index (χ0v) is 10.7. The van der Waals surface area contributed by atoms with Crippen LogP contribution in [0, 0.1) is 11.8 Å². The summed E-state index contributed by atoms with van der Waals surface area (Å²) < 4.78 is 5.21. The molecule has 3 unspecified atom stereocenters. The molecule has 0 radical (unpaired) electrons. The first-order valence-corrected chi connectivity index (χ1v) is 6.76. The van der Waals surface area contributed by atoms with Gasteiger partial charge in [0, 0.05) is 19.7 Å². The average molecular weight is 226 g/mol. The third-order valence-electron chi connectivity index (χ3n) is 4.16. The van der Waals surface area contributed by atoms with Crippen LogP contribution < -0.4 is 5.32 Å². The lowest BCUT2D eigenvalue weighted by Gasteiger charge is -2.16. The van der Waals surface area contributed by atoms with Crippen molar-refractivity contribution in [1.29, 1.82) is 0 Å². The molecule has 94 valence electrons. The van der Waals surface area contributed by atoms with E-state index >= 15 is 0 Å². The molecule has 0 saturated carbocycles. The molecule has 2 aliphatic rings. The molecule has 2 saturated heterocycles. The summed E-state index contributed by atoms with van der Waals surface area (Å²) in [5.41, 5.74) is 0. The van der Waals surface area contributed by atoms with Gasteiger partial charge in [-0.3, -0.25) is 0 Å². The lowest BCUT2D eigenvalue weighted by Crippen LogP contribution is -2.25. The highest BCUT2D eigenvalue weighted by Crippen LogP contribution is 2.27. The molecular weight excluding hydrogens is 200 g/mol. The summed E-state index contributed by atoms with van der Waals surface area (Å²) in [6.07, 6.45) is 4.15. The monoisotopic (exact) mass is 226 g/mol. The minimum Gasteiger partial charge on any atom is -0.383 e. The Hall–Kier alpha value is -0.120. The molecule has 0 amide bonds. The van der Waals surface area contributed by atoms with Gasteiger partial charge in [0.1, 0.15) is 0 Å². The Morgan fingerprint density at radius 2 is 2.25 bits per heavy atom. The number of hydrogen-bond donors (Lipinski definition) is 1. The van der Waals surface area contributed by atoms with Crippen LogP contribution in [0.25, 0.3) is 0 Å². The van der Waals surface area contributed by atoms with Gasteiger partial charge in [-0.1, -0.05) is 6.92 Å². The lowest BCUT2D eigenvalue weighted by atomic mass is 9.92. The predicted octanol–water partition coefficient (Wildman–Crippen LogP) is 1.34. The highest BCUT2D eigenvalue weighted by molar-refractivity contribution is 4.85. The van der Waals surface area contributed by atoms with Gasteiger partial charge < -0.3 is 15.0 Å². The third-order valence-corrected chi connectivity index (χ3v) is 4.16. The summed E-state index contributed by atoms with van der Waals surface area (Å²) in [6, 6.07) is 0.610. The Morgan fingerprint density at radius 1 is 1.38 bits per heavy atom. The van der Waals surface area contributed by atoms with Crippen molar-refractivity contribution >= 4 is 0 Å². The fourth-order valence-corrected chi connectivity index (χ4v) is 3.27. The van der Waals surface area contributed by atoms with Crippen molar-refractivity contribution in [2.45, 2.75) is 32.2 Å². The Balaban J connectivity index is 1.67. The number of methoxy groups -OCH3 is 1. The second-order valence-corrected chi connectivity index (χ2v) is 5.45. The number of likely N-dealkylation sites (tertiary alicyclic amines) is 1. The molecule has 2 heterocycles. The molecule has 0 aromatic rings. The van der Waals surface area contributed by atoms with Crippen molar-refractivity contribution in [1.82, 2.24) is 10.2 Å². The molecule has 3 atom stereocenters. The molecule has 2 aliphatic heterocycles. The second-order valence-electron chi connectivity index (χ2n) is 5.45. The smallest absolute Gasteiger partial charge is 0.0615 e. The van der Waals surface area contributed by atoms with Crippen LogP contribution in [-0.2, 0) is 4.74 Å². The van der Waals surface area contributed by atoms with Crippen LogP contribution in [0.5, 0.6) is 0 Å². The summed E-state index contributed by atoms with van der Waals surface area (Å²) in [6.45, 7) is 8.24. The topological polar surface area (TPSA) is 24.5 Å². The lowest BCUT2D eigenvalue weighted by molar-refractivity contribution is 0.171. The van der Waals surface area contributed by atoms with E-state index in [2.05, 4.69) is 17.1 Å². The van der Waals surface area contributed by atoms with E-state index in [0.717, 1.165) is 18.4 Å². The second kappa shape index (κ2) is 5.99. The molecule has 1 N–H and O–H groups in total. The number of hydrogen-bond acceptors (Lipinski definition) is 3. The quantitative estimate of drug-likeness (QED) is 0.766. The zero-order valence-electron chi connectivity index (χ0n) is 10.7. The van der Waals surface area contributed by atoms with E-state index in [4.69, 9.17) is 4.74 Å². The summed E-state index contributed by atoms with van der Waals surface area (Å²) in [7, 11) is 1.80. The van der Waals surface area contributed by atoms with Gasteiger partial charge in [-0.05, 0) is 50.7 Å². The van der Waals surface area contributed by atoms with Crippen LogP contribution in [0.2, 0.25) is 0 Å². The number of rotatable bonds is 5. The van der Waals surface area contributed by atoms with E-state index in [-0.39, 0.29) is 0 Å². The van der Waals surface area contributed by atoms with Crippen molar-refractivity contribution in [2.24, 2.45) is 11.8 Å². The maximum Gasteiger partial charge on any atom is 0.0615 e. The summed E-state index contributed by atoms with van der Waals surface area (Å²) >= 11 is 0. The van der Waals surface area contributed by atoms with E-state index in [9.17, 15) is 0 Å². The Kier molecular flexibility index (Phi) is 4.62. The zero-order chi connectivity index (χ0) is 11.4. The fraction of sp³-hybridized carbons (Fsp3) is 1.00. The normalized spacial score (nSPS) is 36.0. The molecule has 0 aromatic heterocycles. The summed E-state index contributed by atoms with van der Waals surface area (Å²) in [5.74, 6) is 1.84. The van der Waals surface area contributed by atoms with Crippen molar-refractivity contribution in [3.63, 3.8) is 0 Å².